The molecule has 2 saturated carbocycles. The molecule has 0 aliphatic heterocycles. The van der Waals surface area contributed by atoms with E-state index in [-0.39, 0.29) is 31.2 Å². The predicted molar refractivity (Wildman–Crippen MR) is 86.8 cm³/mol. The van der Waals surface area contributed by atoms with E-state index < -0.39 is 16.9 Å². The van der Waals surface area contributed by atoms with Gasteiger partial charge in [-0.2, -0.15) is 0 Å². The first kappa shape index (κ1) is 18.6. The normalized spacial score (nSPS) is 38.9. The smallest absolute Gasteiger partial charge is 0.146 e. The van der Waals surface area contributed by atoms with Gasteiger partial charge in [-0.05, 0) is 38.0 Å². The van der Waals surface area contributed by atoms with E-state index in [2.05, 4.69) is 6.58 Å². The number of aliphatic hydroxyl groups excluding tert-OH is 2. The van der Waals surface area contributed by atoms with Crippen LogP contribution in [0.1, 0.15) is 45.4 Å². The summed E-state index contributed by atoms with van der Waals surface area (Å²) in [6.07, 6.45) is 4.69. The van der Waals surface area contributed by atoms with Crippen LogP contribution in [-0.4, -0.2) is 48.7 Å². The summed E-state index contributed by atoms with van der Waals surface area (Å²) in [5.74, 6) is 0.0307. The van der Waals surface area contributed by atoms with Gasteiger partial charge in [0.1, 0.15) is 12.6 Å². The number of carbonyl (C=O) groups excluding carboxylic acids is 1. The van der Waals surface area contributed by atoms with Crippen LogP contribution in [0.25, 0.3) is 0 Å². The molecule has 1 spiro atoms. The monoisotopic (exact) mass is 326 g/mol. The van der Waals surface area contributed by atoms with Crippen molar-refractivity contribution in [1.82, 2.24) is 0 Å². The molecule has 132 valence electrons. The second kappa shape index (κ2) is 7.43. The van der Waals surface area contributed by atoms with Crippen LogP contribution >= 0.6 is 0 Å². The quantitative estimate of drug-likeness (QED) is 0.553. The number of allylic oxidation sites excluding steroid dienone is 1. The summed E-state index contributed by atoms with van der Waals surface area (Å²) in [5.41, 5.74) is -1.40. The maximum absolute atomic E-state index is 13.0. The van der Waals surface area contributed by atoms with Crippen LogP contribution in [0.5, 0.6) is 0 Å². The van der Waals surface area contributed by atoms with E-state index in [1.54, 1.807) is 13.2 Å². The third kappa shape index (κ3) is 2.78. The molecule has 0 aromatic carbocycles. The molecule has 23 heavy (non-hydrogen) atoms. The molecule has 0 aromatic rings. The molecule has 2 aliphatic rings. The van der Waals surface area contributed by atoms with Crippen LogP contribution in [0.15, 0.2) is 12.7 Å². The van der Waals surface area contributed by atoms with Gasteiger partial charge in [0.05, 0.1) is 17.6 Å². The van der Waals surface area contributed by atoms with Crippen molar-refractivity contribution < 1.29 is 24.5 Å². The summed E-state index contributed by atoms with van der Waals surface area (Å²) < 4.78 is 11.0. The highest BCUT2D eigenvalue weighted by atomic mass is 16.7. The van der Waals surface area contributed by atoms with Crippen molar-refractivity contribution in [3.8, 4) is 0 Å². The molecule has 1 unspecified atom stereocenters. The van der Waals surface area contributed by atoms with Crippen LogP contribution in [0.2, 0.25) is 0 Å². The Balaban J connectivity index is 2.49. The Bertz CT molecular complexity index is 435. The Labute approximate surface area is 138 Å². The van der Waals surface area contributed by atoms with Crippen LogP contribution < -0.4 is 0 Å². The number of hydrogen-bond acceptors (Lipinski definition) is 5. The maximum Gasteiger partial charge on any atom is 0.146 e. The molecule has 2 aliphatic carbocycles. The average Bonchev–Trinajstić information content (AvgIpc) is 2.93. The lowest BCUT2D eigenvalue weighted by atomic mass is 9.48. The topological polar surface area (TPSA) is 76.0 Å². The van der Waals surface area contributed by atoms with Gasteiger partial charge in [-0.25, -0.2) is 0 Å². The number of methoxy groups -OCH3 is 1. The van der Waals surface area contributed by atoms with Crippen molar-refractivity contribution in [3.63, 3.8) is 0 Å². The molecule has 0 aromatic heterocycles. The first-order valence-electron chi connectivity index (χ1n) is 8.54. The maximum atomic E-state index is 13.0. The average molecular weight is 326 g/mol. The highest BCUT2D eigenvalue weighted by Crippen LogP contribution is 2.62. The number of ketones is 1. The Morgan fingerprint density at radius 2 is 2.22 bits per heavy atom. The van der Waals surface area contributed by atoms with Gasteiger partial charge in [-0.15, -0.1) is 6.58 Å². The molecular formula is C18H30O5. The summed E-state index contributed by atoms with van der Waals surface area (Å²) in [6.45, 7) is 6.03. The number of hydrogen-bond donors (Lipinski definition) is 2. The lowest BCUT2D eigenvalue weighted by Gasteiger charge is -2.58. The summed E-state index contributed by atoms with van der Waals surface area (Å²) in [4.78, 5) is 13.0. The second-order valence-electron chi connectivity index (χ2n) is 7.04. The molecule has 0 radical (unpaired) electrons. The van der Waals surface area contributed by atoms with Gasteiger partial charge in [0.25, 0.3) is 0 Å². The highest BCUT2D eigenvalue weighted by molar-refractivity contribution is 5.88. The molecule has 0 saturated heterocycles. The predicted octanol–water partition coefficient (Wildman–Crippen LogP) is 2.06. The minimum absolute atomic E-state index is 0.00681. The van der Waals surface area contributed by atoms with Crippen LogP contribution in [0.3, 0.4) is 0 Å². The largest absolute Gasteiger partial charge is 0.396 e. The van der Waals surface area contributed by atoms with Gasteiger partial charge in [-0.3, -0.25) is 4.79 Å². The summed E-state index contributed by atoms with van der Waals surface area (Å²) >= 11 is 0. The minimum Gasteiger partial charge on any atom is -0.396 e. The van der Waals surface area contributed by atoms with Gasteiger partial charge >= 0.3 is 0 Å². The molecule has 5 heteroatoms. The lowest BCUT2D eigenvalue weighted by molar-refractivity contribution is -0.215. The van der Waals surface area contributed by atoms with Gasteiger partial charge in [-0.1, -0.05) is 13.0 Å². The zero-order chi connectivity index (χ0) is 17.1. The number of Topliss-reactive ketones (excluding diaryl/α,β-unsaturated/α-hetero) is 1. The summed E-state index contributed by atoms with van der Waals surface area (Å²) in [5, 5.41) is 20.3. The third-order valence-corrected chi connectivity index (χ3v) is 6.26. The SMILES string of the molecule is C=CC(CCO)[C@]1(C)[C@H](O)CC[C@H](OCOC)[C@@]12CCCC2=O. The van der Waals surface area contributed by atoms with E-state index in [4.69, 9.17) is 9.47 Å². The van der Waals surface area contributed by atoms with E-state index in [0.717, 1.165) is 6.42 Å². The molecule has 5 atom stereocenters. The van der Waals surface area contributed by atoms with Crippen LogP contribution in [-0.2, 0) is 14.3 Å². The van der Waals surface area contributed by atoms with E-state index in [1.807, 2.05) is 6.92 Å². The fourth-order valence-corrected chi connectivity index (χ4v) is 5.06. The molecule has 0 bridgehead atoms. The van der Waals surface area contributed by atoms with E-state index in [9.17, 15) is 15.0 Å². The van der Waals surface area contributed by atoms with E-state index >= 15 is 0 Å². The van der Waals surface area contributed by atoms with E-state index in [1.165, 1.54) is 0 Å². The number of rotatable bonds is 7. The van der Waals surface area contributed by atoms with Crippen molar-refractivity contribution in [2.24, 2.45) is 16.7 Å². The second-order valence-corrected chi connectivity index (χ2v) is 7.04. The Kier molecular flexibility index (Phi) is 6.00. The van der Waals surface area contributed by atoms with Crippen LogP contribution in [0, 0.1) is 16.7 Å². The van der Waals surface area contributed by atoms with Gasteiger partial charge < -0.3 is 19.7 Å². The number of aliphatic hydroxyl groups is 2. The van der Waals surface area contributed by atoms with Crippen molar-refractivity contribution in [2.45, 2.75) is 57.7 Å². The first-order chi connectivity index (χ1) is 11.0. The molecule has 2 rings (SSSR count). The van der Waals surface area contributed by atoms with Crippen molar-refractivity contribution >= 4 is 5.78 Å². The Morgan fingerprint density at radius 1 is 1.48 bits per heavy atom. The molecular weight excluding hydrogens is 296 g/mol. The molecule has 2 fully saturated rings. The molecule has 2 N–H and O–H groups in total. The molecule has 0 amide bonds. The van der Waals surface area contributed by atoms with Crippen molar-refractivity contribution in [2.75, 3.05) is 20.5 Å². The summed E-state index contributed by atoms with van der Waals surface area (Å²) in [7, 11) is 1.57. The highest BCUT2D eigenvalue weighted by Gasteiger charge is 2.66. The number of carbonyl (C=O) groups is 1. The zero-order valence-corrected chi connectivity index (χ0v) is 14.3. The van der Waals surface area contributed by atoms with Gasteiger partial charge in [0, 0.05) is 25.6 Å². The molecule has 0 heterocycles. The van der Waals surface area contributed by atoms with Gasteiger partial charge in [0.15, 0.2) is 0 Å². The van der Waals surface area contributed by atoms with Crippen molar-refractivity contribution in [1.29, 1.82) is 0 Å². The summed E-state index contributed by atoms with van der Waals surface area (Å²) in [6, 6.07) is 0. The molecule has 5 nitrogen and oxygen atoms in total. The fraction of sp³-hybridized carbons (Fsp3) is 0.833. The zero-order valence-electron chi connectivity index (χ0n) is 14.3. The van der Waals surface area contributed by atoms with Crippen molar-refractivity contribution in [3.05, 3.63) is 12.7 Å². The Hall–Kier alpha value is -0.750. The third-order valence-electron chi connectivity index (χ3n) is 6.26. The minimum atomic E-state index is -0.725. The van der Waals surface area contributed by atoms with Crippen LogP contribution in [0.4, 0.5) is 0 Å². The standard InChI is InChI=1S/C18H30O5/c1-4-13(9-11-19)17(2)14(20)7-8-16(23-12-22-3)18(17)10-5-6-15(18)21/h4,13-14,16,19-20H,1,5-12H2,2-3H3/t13?,14-,16+,17-,18+/m1/s1. The lowest BCUT2D eigenvalue weighted by Crippen LogP contribution is -2.63. The fourth-order valence-electron chi connectivity index (χ4n) is 5.06. The Morgan fingerprint density at radius 3 is 2.74 bits per heavy atom. The first-order valence-corrected chi connectivity index (χ1v) is 8.54. The van der Waals surface area contributed by atoms with Gasteiger partial charge in [0.2, 0.25) is 0 Å². The number of ether oxygens (including phenoxy) is 2. The van der Waals surface area contributed by atoms with E-state index in [0.29, 0.717) is 32.1 Å².